The zero-order valence-corrected chi connectivity index (χ0v) is 11.7. The fourth-order valence-electron chi connectivity index (χ4n) is 2.81. The summed E-state index contributed by atoms with van der Waals surface area (Å²) >= 11 is 0. The third kappa shape index (κ3) is 3.07. The number of hydrogen-bond donors (Lipinski definition) is 1. The highest BCUT2D eigenvalue weighted by Crippen LogP contribution is 2.26. The Morgan fingerprint density at radius 3 is 2.95 bits per heavy atom. The molecule has 1 aliphatic rings. The summed E-state index contributed by atoms with van der Waals surface area (Å²) < 4.78 is 7.12. The van der Waals surface area contributed by atoms with E-state index in [9.17, 15) is 4.79 Å². The molecular formula is C13H21N3O3. The lowest BCUT2D eigenvalue weighted by atomic mass is 10.1. The molecule has 1 aliphatic heterocycles. The number of nitrogens with zero attached hydrogens (tertiary/aromatic N) is 3. The average Bonchev–Trinajstić information content (AvgIpc) is 2.85. The molecule has 0 bridgehead atoms. The second-order valence-corrected chi connectivity index (χ2v) is 5.18. The number of rotatable bonds is 5. The predicted octanol–water partition coefficient (Wildman–Crippen LogP) is 1.03. The van der Waals surface area contributed by atoms with Crippen LogP contribution in [0.1, 0.15) is 24.1 Å². The SMILES string of the molecule is COc1c(CN2CCC(CC(=O)O)C2)c(C)nn1C. The molecule has 0 radical (unpaired) electrons. The standard InChI is InChI=1S/C13H21N3O3/c1-9-11(13(19-3)15(2)14-9)8-16-5-4-10(7-16)6-12(17)18/h10H,4-8H2,1-3H3,(H,17,18). The molecule has 0 aliphatic carbocycles. The number of aryl methyl sites for hydroxylation is 2. The van der Waals surface area contributed by atoms with E-state index in [4.69, 9.17) is 9.84 Å². The smallest absolute Gasteiger partial charge is 0.303 e. The summed E-state index contributed by atoms with van der Waals surface area (Å²) in [4.78, 5) is 13.0. The van der Waals surface area contributed by atoms with E-state index in [1.807, 2.05) is 14.0 Å². The van der Waals surface area contributed by atoms with Gasteiger partial charge in [-0.15, -0.1) is 0 Å². The molecule has 0 amide bonds. The molecule has 0 spiro atoms. The van der Waals surface area contributed by atoms with Gasteiger partial charge in [0.05, 0.1) is 18.4 Å². The highest BCUT2D eigenvalue weighted by atomic mass is 16.5. The summed E-state index contributed by atoms with van der Waals surface area (Å²) in [6.07, 6.45) is 1.22. The molecule has 2 rings (SSSR count). The van der Waals surface area contributed by atoms with Crippen LogP contribution in [0.5, 0.6) is 5.88 Å². The van der Waals surface area contributed by atoms with E-state index >= 15 is 0 Å². The summed E-state index contributed by atoms with van der Waals surface area (Å²) in [5.74, 6) is 0.349. The Kier molecular flexibility index (Phi) is 4.09. The van der Waals surface area contributed by atoms with Gasteiger partial charge in [0, 0.05) is 26.6 Å². The Bertz CT molecular complexity index is 470. The van der Waals surface area contributed by atoms with Crippen molar-refractivity contribution in [3.63, 3.8) is 0 Å². The maximum atomic E-state index is 10.7. The molecule has 1 aromatic rings. The summed E-state index contributed by atoms with van der Waals surface area (Å²) in [5.41, 5.74) is 2.07. The van der Waals surface area contributed by atoms with Crippen molar-refractivity contribution in [2.24, 2.45) is 13.0 Å². The van der Waals surface area contributed by atoms with Gasteiger partial charge in [-0.1, -0.05) is 0 Å². The Balaban J connectivity index is 2.01. The van der Waals surface area contributed by atoms with Crippen LogP contribution in [0.25, 0.3) is 0 Å². The summed E-state index contributed by atoms with van der Waals surface area (Å²) in [6, 6.07) is 0. The minimum atomic E-state index is -0.706. The van der Waals surface area contributed by atoms with Crippen LogP contribution in [-0.2, 0) is 18.4 Å². The summed E-state index contributed by atoms with van der Waals surface area (Å²) in [6.45, 7) is 4.53. The molecule has 106 valence electrons. The topological polar surface area (TPSA) is 67.6 Å². The van der Waals surface area contributed by atoms with Gasteiger partial charge in [-0.25, -0.2) is 4.68 Å². The number of methoxy groups -OCH3 is 1. The van der Waals surface area contributed by atoms with E-state index in [0.29, 0.717) is 0 Å². The second kappa shape index (κ2) is 5.61. The quantitative estimate of drug-likeness (QED) is 0.863. The first kappa shape index (κ1) is 13.9. The first-order valence-electron chi connectivity index (χ1n) is 6.52. The minimum Gasteiger partial charge on any atom is -0.481 e. The third-order valence-electron chi connectivity index (χ3n) is 3.70. The number of hydrogen-bond acceptors (Lipinski definition) is 4. The number of likely N-dealkylation sites (tertiary alicyclic amines) is 1. The molecule has 0 saturated carbocycles. The monoisotopic (exact) mass is 267 g/mol. The van der Waals surface area contributed by atoms with Gasteiger partial charge in [0.25, 0.3) is 0 Å². The van der Waals surface area contributed by atoms with E-state index in [1.54, 1.807) is 11.8 Å². The van der Waals surface area contributed by atoms with Gasteiger partial charge in [0.1, 0.15) is 0 Å². The van der Waals surface area contributed by atoms with Gasteiger partial charge in [-0.3, -0.25) is 9.69 Å². The molecule has 1 saturated heterocycles. The van der Waals surface area contributed by atoms with Crippen molar-refractivity contribution < 1.29 is 14.6 Å². The Morgan fingerprint density at radius 2 is 2.32 bits per heavy atom. The predicted molar refractivity (Wildman–Crippen MR) is 70.1 cm³/mol. The molecule has 1 atom stereocenters. The van der Waals surface area contributed by atoms with Crippen molar-refractivity contribution in [2.45, 2.75) is 26.3 Å². The molecule has 6 nitrogen and oxygen atoms in total. The summed E-state index contributed by atoms with van der Waals surface area (Å²) in [7, 11) is 3.52. The van der Waals surface area contributed by atoms with Crippen LogP contribution < -0.4 is 4.74 Å². The molecule has 1 unspecified atom stereocenters. The van der Waals surface area contributed by atoms with Crippen molar-refractivity contribution in [1.29, 1.82) is 0 Å². The fourth-order valence-corrected chi connectivity index (χ4v) is 2.81. The van der Waals surface area contributed by atoms with Crippen LogP contribution in [0.15, 0.2) is 0 Å². The lowest BCUT2D eigenvalue weighted by molar-refractivity contribution is -0.138. The van der Waals surface area contributed by atoms with Crippen LogP contribution in [0, 0.1) is 12.8 Å². The largest absolute Gasteiger partial charge is 0.481 e. The van der Waals surface area contributed by atoms with Gasteiger partial charge in [0.2, 0.25) is 5.88 Å². The molecular weight excluding hydrogens is 246 g/mol. The van der Waals surface area contributed by atoms with E-state index in [-0.39, 0.29) is 12.3 Å². The van der Waals surface area contributed by atoms with Crippen molar-refractivity contribution >= 4 is 5.97 Å². The van der Waals surface area contributed by atoms with E-state index in [0.717, 1.165) is 43.2 Å². The molecule has 1 aromatic heterocycles. The zero-order valence-electron chi connectivity index (χ0n) is 11.7. The molecule has 0 aromatic carbocycles. The maximum absolute atomic E-state index is 10.7. The van der Waals surface area contributed by atoms with Crippen molar-refractivity contribution in [2.75, 3.05) is 20.2 Å². The van der Waals surface area contributed by atoms with Crippen molar-refractivity contribution in [3.8, 4) is 5.88 Å². The van der Waals surface area contributed by atoms with Crippen molar-refractivity contribution in [3.05, 3.63) is 11.3 Å². The fraction of sp³-hybridized carbons (Fsp3) is 0.692. The number of ether oxygens (including phenoxy) is 1. The Hall–Kier alpha value is -1.56. The average molecular weight is 267 g/mol. The number of aromatic nitrogens is 2. The lowest BCUT2D eigenvalue weighted by Gasteiger charge is -2.16. The molecule has 1 N–H and O–H groups in total. The van der Waals surface area contributed by atoms with Gasteiger partial charge in [-0.2, -0.15) is 5.10 Å². The number of aliphatic carboxylic acids is 1. The highest BCUT2D eigenvalue weighted by Gasteiger charge is 2.26. The van der Waals surface area contributed by atoms with Crippen LogP contribution in [-0.4, -0.2) is 46.0 Å². The van der Waals surface area contributed by atoms with Gasteiger partial charge < -0.3 is 9.84 Å². The van der Waals surface area contributed by atoms with E-state index in [1.165, 1.54) is 0 Å². The summed E-state index contributed by atoms with van der Waals surface area (Å²) in [5, 5.41) is 13.2. The van der Waals surface area contributed by atoms with Crippen molar-refractivity contribution in [1.82, 2.24) is 14.7 Å². The van der Waals surface area contributed by atoms with Crippen LogP contribution in [0.4, 0.5) is 0 Å². The first-order chi connectivity index (χ1) is 9.01. The molecule has 19 heavy (non-hydrogen) atoms. The second-order valence-electron chi connectivity index (χ2n) is 5.18. The molecule has 1 fully saturated rings. The molecule has 2 heterocycles. The maximum Gasteiger partial charge on any atom is 0.303 e. The zero-order chi connectivity index (χ0) is 14.0. The number of carbonyl (C=O) groups is 1. The van der Waals surface area contributed by atoms with Gasteiger partial charge in [0.15, 0.2) is 0 Å². The minimum absolute atomic E-state index is 0.264. The van der Waals surface area contributed by atoms with E-state index < -0.39 is 5.97 Å². The molecule has 6 heteroatoms. The number of carboxylic acids is 1. The normalized spacial score (nSPS) is 19.8. The van der Waals surface area contributed by atoms with Crippen LogP contribution >= 0.6 is 0 Å². The first-order valence-corrected chi connectivity index (χ1v) is 6.52. The van der Waals surface area contributed by atoms with Gasteiger partial charge in [-0.05, 0) is 25.8 Å². The van der Waals surface area contributed by atoms with Gasteiger partial charge >= 0.3 is 5.97 Å². The highest BCUT2D eigenvalue weighted by molar-refractivity contribution is 5.67. The number of carboxylic acid groups (broad SMARTS) is 1. The lowest BCUT2D eigenvalue weighted by Crippen LogP contribution is -2.21. The third-order valence-corrected chi connectivity index (χ3v) is 3.70. The van der Waals surface area contributed by atoms with Crippen LogP contribution in [0.2, 0.25) is 0 Å². The Labute approximate surface area is 113 Å². The Morgan fingerprint density at radius 1 is 1.58 bits per heavy atom. The van der Waals surface area contributed by atoms with Crippen LogP contribution in [0.3, 0.4) is 0 Å². The van der Waals surface area contributed by atoms with E-state index in [2.05, 4.69) is 10.00 Å².